The van der Waals surface area contributed by atoms with Crippen molar-refractivity contribution in [1.82, 2.24) is 9.36 Å². The van der Waals surface area contributed by atoms with Crippen molar-refractivity contribution in [3.63, 3.8) is 0 Å². The monoisotopic (exact) mass is 292 g/mol. The Balaban J connectivity index is 1.99. The zero-order valence-corrected chi connectivity index (χ0v) is 12.0. The summed E-state index contributed by atoms with van der Waals surface area (Å²) in [6.07, 6.45) is 3.72. The highest BCUT2D eigenvalue weighted by molar-refractivity contribution is 7.13. The summed E-state index contributed by atoms with van der Waals surface area (Å²) >= 11 is 1.51. The number of aliphatic hydroxyl groups excluding tert-OH is 1. The van der Waals surface area contributed by atoms with E-state index in [0.29, 0.717) is 0 Å². The average Bonchev–Trinajstić information content (AvgIpc) is 3.01. The highest BCUT2D eigenvalue weighted by Crippen LogP contribution is 2.31. The normalized spacial score (nSPS) is 11.3. The molecule has 0 fully saturated rings. The fourth-order valence-electron chi connectivity index (χ4n) is 2.58. The second-order valence-corrected chi connectivity index (χ2v) is 5.78. The molecule has 0 aliphatic rings. The van der Waals surface area contributed by atoms with E-state index in [2.05, 4.69) is 27.6 Å². The van der Waals surface area contributed by atoms with Crippen molar-refractivity contribution in [2.75, 3.05) is 0 Å². The number of hydrogen-bond acceptors (Lipinski definition) is 4. The first kappa shape index (κ1) is 12.4. The third-order valence-corrected chi connectivity index (χ3v) is 4.43. The molecule has 0 spiro atoms. The van der Waals surface area contributed by atoms with Crippen molar-refractivity contribution < 1.29 is 5.11 Å². The van der Waals surface area contributed by atoms with Gasteiger partial charge in [-0.1, -0.05) is 12.1 Å². The van der Waals surface area contributed by atoms with Gasteiger partial charge in [-0.3, -0.25) is 4.98 Å². The number of benzene rings is 2. The van der Waals surface area contributed by atoms with Crippen LogP contribution in [-0.2, 0) is 6.61 Å². The number of nitrogens with zero attached hydrogens (tertiary/aromatic N) is 2. The molecule has 3 nitrogen and oxygen atoms in total. The van der Waals surface area contributed by atoms with Gasteiger partial charge in [0.05, 0.1) is 16.8 Å². The second-order valence-electron chi connectivity index (χ2n) is 4.95. The Hall–Kier alpha value is -2.30. The van der Waals surface area contributed by atoms with E-state index in [0.717, 1.165) is 33.0 Å². The maximum absolute atomic E-state index is 9.34. The lowest BCUT2D eigenvalue weighted by Crippen LogP contribution is -1.88. The molecule has 0 bridgehead atoms. The van der Waals surface area contributed by atoms with E-state index >= 15 is 0 Å². The van der Waals surface area contributed by atoms with Crippen molar-refractivity contribution in [1.29, 1.82) is 0 Å². The Morgan fingerprint density at radius 3 is 2.90 bits per heavy atom. The van der Waals surface area contributed by atoms with Gasteiger partial charge in [0.2, 0.25) is 0 Å². The minimum Gasteiger partial charge on any atom is -0.392 e. The number of pyridine rings is 1. The molecule has 4 rings (SSSR count). The van der Waals surface area contributed by atoms with E-state index in [1.807, 2.05) is 36.7 Å². The summed E-state index contributed by atoms with van der Waals surface area (Å²) in [6.45, 7) is 0.0394. The molecule has 102 valence electrons. The van der Waals surface area contributed by atoms with E-state index in [4.69, 9.17) is 0 Å². The molecule has 0 aliphatic carbocycles. The smallest absolute Gasteiger partial charge is 0.0708 e. The standard InChI is InChI=1S/C17H12N2OS/c20-10-11-1-3-16-15(7-11)14(5-6-18-16)12-2-4-17-13(8-12)9-19-21-17/h1-9,20H,10H2. The van der Waals surface area contributed by atoms with Crippen molar-refractivity contribution in [2.24, 2.45) is 0 Å². The van der Waals surface area contributed by atoms with Crippen LogP contribution in [0.2, 0.25) is 0 Å². The third kappa shape index (κ3) is 2.09. The number of aliphatic hydroxyl groups is 1. The molecule has 0 radical (unpaired) electrons. The van der Waals surface area contributed by atoms with Crippen LogP contribution in [0.1, 0.15) is 5.56 Å². The van der Waals surface area contributed by atoms with E-state index in [1.165, 1.54) is 16.2 Å². The Kier molecular flexibility index (Phi) is 2.91. The van der Waals surface area contributed by atoms with Gasteiger partial charge in [0.25, 0.3) is 0 Å². The fourth-order valence-corrected chi connectivity index (χ4v) is 3.21. The summed E-state index contributed by atoms with van der Waals surface area (Å²) in [6, 6.07) is 14.3. The molecule has 4 heteroatoms. The molecule has 2 aromatic heterocycles. The fraction of sp³-hybridized carbons (Fsp3) is 0.0588. The van der Waals surface area contributed by atoms with Gasteiger partial charge in [-0.25, -0.2) is 0 Å². The van der Waals surface area contributed by atoms with Crippen LogP contribution in [-0.4, -0.2) is 14.5 Å². The number of aromatic nitrogens is 2. The van der Waals surface area contributed by atoms with Crippen molar-refractivity contribution in [3.8, 4) is 11.1 Å². The first-order valence-corrected chi connectivity index (χ1v) is 7.46. The molecule has 0 saturated carbocycles. The lowest BCUT2D eigenvalue weighted by molar-refractivity contribution is 0.282. The van der Waals surface area contributed by atoms with Crippen LogP contribution >= 0.6 is 11.5 Å². The summed E-state index contributed by atoms with van der Waals surface area (Å²) in [5.74, 6) is 0. The minimum atomic E-state index is 0.0394. The lowest BCUT2D eigenvalue weighted by atomic mass is 9.99. The van der Waals surface area contributed by atoms with Crippen LogP contribution in [0.15, 0.2) is 54.9 Å². The minimum absolute atomic E-state index is 0.0394. The third-order valence-electron chi connectivity index (χ3n) is 3.65. The van der Waals surface area contributed by atoms with Gasteiger partial charge in [-0.05, 0) is 58.6 Å². The van der Waals surface area contributed by atoms with Crippen molar-refractivity contribution in [2.45, 2.75) is 6.61 Å². The largest absolute Gasteiger partial charge is 0.392 e. The van der Waals surface area contributed by atoms with Gasteiger partial charge in [-0.15, -0.1) is 0 Å². The summed E-state index contributed by atoms with van der Waals surface area (Å²) in [7, 11) is 0. The second kappa shape index (κ2) is 4.91. The molecular formula is C17H12N2OS. The number of hydrogen-bond donors (Lipinski definition) is 1. The van der Waals surface area contributed by atoms with Gasteiger partial charge < -0.3 is 5.11 Å². The first-order chi connectivity index (χ1) is 10.3. The van der Waals surface area contributed by atoms with E-state index in [-0.39, 0.29) is 6.61 Å². The van der Waals surface area contributed by atoms with Crippen LogP contribution < -0.4 is 0 Å². The van der Waals surface area contributed by atoms with Crippen molar-refractivity contribution >= 4 is 32.5 Å². The zero-order valence-electron chi connectivity index (χ0n) is 11.2. The molecule has 0 unspecified atom stereocenters. The molecule has 2 aromatic carbocycles. The molecule has 0 aliphatic heterocycles. The Bertz CT molecular complexity index is 946. The molecule has 2 heterocycles. The lowest BCUT2D eigenvalue weighted by Gasteiger charge is -2.08. The SMILES string of the molecule is OCc1ccc2nccc(-c3ccc4sncc4c3)c2c1. The van der Waals surface area contributed by atoms with E-state index in [9.17, 15) is 5.11 Å². The first-order valence-electron chi connectivity index (χ1n) is 6.68. The predicted molar refractivity (Wildman–Crippen MR) is 86.3 cm³/mol. The quantitative estimate of drug-likeness (QED) is 0.607. The Morgan fingerprint density at radius 1 is 1.05 bits per heavy atom. The number of rotatable bonds is 2. The molecule has 21 heavy (non-hydrogen) atoms. The molecule has 0 amide bonds. The Labute approximate surface area is 125 Å². The summed E-state index contributed by atoms with van der Waals surface area (Å²) in [5.41, 5.74) is 4.11. The summed E-state index contributed by atoms with van der Waals surface area (Å²) < 4.78 is 5.41. The van der Waals surface area contributed by atoms with Crippen LogP contribution in [0.5, 0.6) is 0 Å². The predicted octanol–water partition coefficient (Wildman–Crippen LogP) is 4.00. The van der Waals surface area contributed by atoms with Gasteiger partial charge in [0, 0.05) is 23.2 Å². The maximum Gasteiger partial charge on any atom is 0.0708 e. The molecule has 1 N–H and O–H groups in total. The topological polar surface area (TPSA) is 46.0 Å². The van der Waals surface area contributed by atoms with Crippen LogP contribution in [0, 0.1) is 0 Å². The van der Waals surface area contributed by atoms with Gasteiger partial charge in [0.1, 0.15) is 0 Å². The van der Waals surface area contributed by atoms with Gasteiger partial charge in [-0.2, -0.15) is 4.37 Å². The molecular weight excluding hydrogens is 280 g/mol. The zero-order chi connectivity index (χ0) is 14.2. The van der Waals surface area contributed by atoms with Gasteiger partial charge >= 0.3 is 0 Å². The Morgan fingerprint density at radius 2 is 2.00 bits per heavy atom. The van der Waals surface area contributed by atoms with E-state index in [1.54, 1.807) is 0 Å². The van der Waals surface area contributed by atoms with Crippen molar-refractivity contribution in [3.05, 3.63) is 60.4 Å². The summed E-state index contributed by atoms with van der Waals surface area (Å²) in [4.78, 5) is 4.40. The van der Waals surface area contributed by atoms with Crippen LogP contribution in [0.4, 0.5) is 0 Å². The van der Waals surface area contributed by atoms with E-state index < -0.39 is 0 Å². The highest BCUT2D eigenvalue weighted by Gasteiger charge is 2.07. The van der Waals surface area contributed by atoms with Gasteiger partial charge in [0.15, 0.2) is 0 Å². The highest BCUT2D eigenvalue weighted by atomic mass is 32.1. The number of fused-ring (bicyclic) bond motifs is 2. The molecule has 4 aromatic rings. The van der Waals surface area contributed by atoms with Crippen LogP contribution in [0.3, 0.4) is 0 Å². The maximum atomic E-state index is 9.34. The molecule has 0 saturated heterocycles. The molecule has 0 atom stereocenters. The summed E-state index contributed by atoms with van der Waals surface area (Å²) in [5, 5.41) is 11.6. The van der Waals surface area contributed by atoms with Crippen LogP contribution in [0.25, 0.3) is 32.1 Å². The average molecular weight is 292 g/mol.